The van der Waals surface area contributed by atoms with Gasteiger partial charge in [-0.3, -0.25) is 4.79 Å². The third kappa shape index (κ3) is 5.76. The summed E-state index contributed by atoms with van der Waals surface area (Å²) >= 11 is 0. The summed E-state index contributed by atoms with van der Waals surface area (Å²) in [5.41, 5.74) is 3.00. The van der Waals surface area contributed by atoms with Gasteiger partial charge in [-0.05, 0) is 24.6 Å². The minimum Gasteiger partial charge on any atom is -0.337 e. The zero-order chi connectivity index (χ0) is 17.4. The van der Waals surface area contributed by atoms with Gasteiger partial charge in [-0.15, -0.1) is 0 Å². The molecule has 5 nitrogen and oxygen atoms in total. The molecule has 0 radical (unpaired) electrons. The van der Waals surface area contributed by atoms with Crippen LogP contribution in [0.3, 0.4) is 0 Å². The number of amides is 3. The van der Waals surface area contributed by atoms with Crippen LogP contribution in [0.25, 0.3) is 0 Å². The van der Waals surface area contributed by atoms with Crippen molar-refractivity contribution < 1.29 is 9.59 Å². The first-order valence-corrected chi connectivity index (χ1v) is 7.95. The van der Waals surface area contributed by atoms with E-state index in [0.29, 0.717) is 19.6 Å². The number of nitrogens with zero attached hydrogens (tertiary/aromatic N) is 1. The van der Waals surface area contributed by atoms with Crippen molar-refractivity contribution in [2.24, 2.45) is 0 Å². The van der Waals surface area contributed by atoms with Gasteiger partial charge < -0.3 is 15.5 Å². The highest BCUT2D eigenvalue weighted by Crippen LogP contribution is 2.07. The molecule has 24 heavy (non-hydrogen) atoms. The number of hydrogen-bond acceptors (Lipinski definition) is 2. The highest BCUT2D eigenvalue weighted by atomic mass is 16.2. The van der Waals surface area contributed by atoms with Crippen LogP contribution in [0.2, 0.25) is 0 Å². The van der Waals surface area contributed by atoms with Gasteiger partial charge in [-0.2, -0.15) is 0 Å². The van der Waals surface area contributed by atoms with Crippen molar-refractivity contribution in [1.29, 1.82) is 0 Å². The number of para-hydroxylation sites is 1. The van der Waals surface area contributed by atoms with Gasteiger partial charge in [0.15, 0.2) is 0 Å². The van der Waals surface area contributed by atoms with E-state index in [1.54, 1.807) is 4.90 Å². The quantitative estimate of drug-likeness (QED) is 0.857. The molecule has 0 spiro atoms. The number of nitrogens with one attached hydrogen (secondary N) is 2. The van der Waals surface area contributed by atoms with Gasteiger partial charge in [-0.1, -0.05) is 48.0 Å². The molecule has 2 aromatic carbocycles. The maximum Gasteiger partial charge on any atom is 0.319 e. The summed E-state index contributed by atoms with van der Waals surface area (Å²) in [5.74, 6) is -0.0131. The summed E-state index contributed by atoms with van der Waals surface area (Å²) in [6, 6.07) is 17.0. The van der Waals surface area contributed by atoms with Crippen molar-refractivity contribution in [2.75, 3.05) is 18.4 Å². The SMILES string of the molecule is CC(=O)N(CCNC(=O)Nc1ccccc1)Cc1ccc(C)cc1. The van der Waals surface area contributed by atoms with Crippen molar-refractivity contribution in [3.05, 3.63) is 65.7 Å². The van der Waals surface area contributed by atoms with Crippen molar-refractivity contribution in [3.63, 3.8) is 0 Å². The summed E-state index contributed by atoms with van der Waals surface area (Å²) in [6.45, 7) is 4.97. The lowest BCUT2D eigenvalue weighted by Gasteiger charge is -2.21. The van der Waals surface area contributed by atoms with E-state index in [1.807, 2.05) is 61.5 Å². The molecular formula is C19H23N3O2. The summed E-state index contributed by atoms with van der Waals surface area (Å²) in [5, 5.41) is 5.51. The van der Waals surface area contributed by atoms with Gasteiger partial charge >= 0.3 is 6.03 Å². The smallest absolute Gasteiger partial charge is 0.319 e. The van der Waals surface area contributed by atoms with Gasteiger partial charge in [-0.25, -0.2) is 4.79 Å². The molecular weight excluding hydrogens is 302 g/mol. The molecule has 0 aliphatic carbocycles. The Morgan fingerprint density at radius 2 is 1.67 bits per heavy atom. The molecule has 0 fully saturated rings. The number of carbonyl (C=O) groups excluding carboxylic acids is 2. The second-order valence-electron chi connectivity index (χ2n) is 5.67. The molecule has 0 aliphatic rings. The molecule has 0 heterocycles. The van der Waals surface area contributed by atoms with E-state index in [0.717, 1.165) is 11.3 Å². The van der Waals surface area contributed by atoms with Crippen LogP contribution in [-0.2, 0) is 11.3 Å². The molecule has 0 saturated carbocycles. The number of benzene rings is 2. The fraction of sp³-hybridized carbons (Fsp3) is 0.263. The first-order valence-electron chi connectivity index (χ1n) is 7.95. The molecule has 0 unspecified atom stereocenters. The largest absolute Gasteiger partial charge is 0.337 e. The molecule has 2 aromatic rings. The monoisotopic (exact) mass is 325 g/mol. The van der Waals surface area contributed by atoms with Crippen LogP contribution in [0.15, 0.2) is 54.6 Å². The zero-order valence-corrected chi connectivity index (χ0v) is 14.1. The average Bonchev–Trinajstić information content (AvgIpc) is 2.56. The van der Waals surface area contributed by atoms with Gasteiger partial charge in [0.2, 0.25) is 5.91 Å². The number of urea groups is 1. The van der Waals surface area contributed by atoms with Crippen molar-refractivity contribution in [1.82, 2.24) is 10.2 Å². The summed E-state index contributed by atoms with van der Waals surface area (Å²) in [4.78, 5) is 25.3. The predicted molar refractivity (Wildman–Crippen MR) is 95.7 cm³/mol. The number of hydrogen-bond donors (Lipinski definition) is 2. The van der Waals surface area contributed by atoms with E-state index < -0.39 is 0 Å². The van der Waals surface area contributed by atoms with E-state index in [9.17, 15) is 9.59 Å². The lowest BCUT2D eigenvalue weighted by molar-refractivity contribution is -0.129. The highest BCUT2D eigenvalue weighted by molar-refractivity contribution is 5.89. The van der Waals surface area contributed by atoms with Crippen LogP contribution in [0, 0.1) is 6.92 Å². The predicted octanol–water partition coefficient (Wildman–Crippen LogP) is 3.17. The lowest BCUT2D eigenvalue weighted by Crippen LogP contribution is -2.38. The molecule has 5 heteroatoms. The van der Waals surface area contributed by atoms with E-state index in [1.165, 1.54) is 12.5 Å². The molecule has 0 bridgehead atoms. The van der Waals surface area contributed by atoms with Crippen LogP contribution in [0.5, 0.6) is 0 Å². The van der Waals surface area contributed by atoms with E-state index in [-0.39, 0.29) is 11.9 Å². The second kappa shape index (κ2) is 8.72. The Balaban J connectivity index is 1.80. The summed E-state index contributed by atoms with van der Waals surface area (Å²) in [7, 11) is 0. The number of aryl methyl sites for hydroxylation is 1. The minimum atomic E-state index is -0.278. The standard InChI is InChI=1S/C19H23N3O2/c1-15-8-10-17(11-9-15)14-22(16(2)23)13-12-20-19(24)21-18-6-4-3-5-7-18/h3-11H,12-14H2,1-2H3,(H2,20,21,24). The molecule has 0 saturated heterocycles. The Morgan fingerprint density at radius 1 is 1.00 bits per heavy atom. The maximum absolute atomic E-state index is 11.8. The fourth-order valence-corrected chi connectivity index (χ4v) is 2.26. The van der Waals surface area contributed by atoms with E-state index in [2.05, 4.69) is 10.6 Å². The third-order valence-electron chi connectivity index (χ3n) is 3.64. The van der Waals surface area contributed by atoms with Crippen molar-refractivity contribution in [2.45, 2.75) is 20.4 Å². The fourth-order valence-electron chi connectivity index (χ4n) is 2.26. The third-order valence-corrected chi connectivity index (χ3v) is 3.64. The van der Waals surface area contributed by atoms with Gasteiger partial charge in [0.25, 0.3) is 0 Å². The Bertz CT molecular complexity index is 669. The van der Waals surface area contributed by atoms with Crippen LogP contribution in [0.4, 0.5) is 10.5 Å². The van der Waals surface area contributed by atoms with E-state index in [4.69, 9.17) is 0 Å². The Morgan fingerprint density at radius 3 is 2.29 bits per heavy atom. The molecule has 2 N–H and O–H groups in total. The van der Waals surface area contributed by atoms with Gasteiger partial charge in [0, 0.05) is 32.2 Å². The normalized spacial score (nSPS) is 10.1. The molecule has 3 amide bonds. The molecule has 0 aromatic heterocycles. The van der Waals surface area contributed by atoms with Crippen LogP contribution >= 0.6 is 0 Å². The minimum absolute atomic E-state index is 0.0131. The van der Waals surface area contributed by atoms with Crippen molar-refractivity contribution >= 4 is 17.6 Å². The molecule has 0 aliphatic heterocycles. The summed E-state index contributed by atoms with van der Waals surface area (Å²) in [6.07, 6.45) is 0. The zero-order valence-electron chi connectivity index (χ0n) is 14.1. The van der Waals surface area contributed by atoms with E-state index >= 15 is 0 Å². The van der Waals surface area contributed by atoms with Crippen LogP contribution in [-0.4, -0.2) is 29.9 Å². The van der Waals surface area contributed by atoms with Gasteiger partial charge in [0.05, 0.1) is 0 Å². The number of anilines is 1. The number of carbonyl (C=O) groups is 2. The topological polar surface area (TPSA) is 61.4 Å². The molecule has 0 atom stereocenters. The van der Waals surface area contributed by atoms with Gasteiger partial charge in [0.1, 0.15) is 0 Å². The van der Waals surface area contributed by atoms with Crippen molar-refractivity contribution in [3.8, 4) is 0 Å². The Hall–Kier alpha value is -2.82. The Labute approximate surface area is 142 Å². The molecule has 126 valence electrons. The maximum atomic E-state index is 11.8. The first-order chi connectivity index (χ1) is 11.5. The highest BCUT2D eigenvalue weighted by Gasteiger charge is 2.10. The first kappa shape index (κ1) is 17.5. The average molecular weight is 325 g/mol. The second-order valence-corrected chi connectivity index (χ2v) is 5.67. The lowest BCUT2D eigenvalue weighted by atomic mass is 10.1. The Kier molecular flexibility index (Phi) is 6.37. The molecule has 2 rings (SSSR count). The van der Waals surface area contributed by atoms with Crippen LogP contribution in [0.1, 0.15) is 18.1 Å². The number of rotatable bonds is 6. The van der Waals surface area contributed by atoms with Crippen LogP contribution < -0.4 is 10.6 Å². The summed E-state index contributed by atoms with van der Waals surface area (Å²) < 4.78 is 0.